The van der Waals surface area contributed by atoms with Gasteiger partial charge in [-0.15, -0.1) is 0 Å². The molecular weight excluding hydrogens is 335 g/mol. The Labute approximate surface area is 149 Å². The van der Waals surface area contributed by atoms with Crippen LogP contribution in [0.4, 0.5) is 4.39 Å². The number of Topliss-reactive ketones (excluding diaryl/α,β-unsaturated/α-hetero) is 1. The molecule has 3 aromatic rings. The van der Waals surface area contributed by atoms with Crippen molar-refractivity contribution in [3.05, 3.63) is 71.7 Å². The number of hydrogen-bond donors (Lipinski definition) is 0. The van der Waals surface area contributed by atoms with Crippen LogP contribution in [-0.4, -0.2) is 22.9 Å². The molecule has 0 fully saturated rings. The van der Waals surface area contributed by atoms with Crippen LogP contribution in [0.15, 0.2) is 54.7 Å². The van der Waals surface area contributed by atoms with Crippen molar-refractivity contribution in [2.24, 2.45) is 0 Å². The first-order chi connectivity index (χ1) is 12.6. The van der Waals surface area contributed by atoms with E-state index in [2.05, 4.69) is 6.07 Å². The van der Waals surface area contributed by atoms with Crippen LogP contribution in [-0.2, 0) is 11.3 Å². The first kappa shape index (κ1) is 17.4. The lowest BCUT2D eigenvalue weighted by Gasteiger charge is -2.04. The quantitative estimate of drug-likeness (QED) is 0.501. The van der Waals surface area contributed by atoms with E-state index in [9.17, 15) is 14.0 Å². The summed E-state index contributed by atoms with van der Waals surface area (Å²) in [7, 11) is 0. The highest BCUT2D eigenvalue weighted by Crippen LogP contribution is 2.22. The van der Waals surface area contributed by atoms with Gasteiger partial charge in [-0.2, -0.15) is 5.26 Å². The van der Waals surface area contributed by atoms with Crippen LogP contribution in [0.2, 0.25) is 0 Å². The van der Waals surface area contributed by atoms with Gasteiger partial charge in [-0.1, -0.05) is 24.3 Å². The summed E-state index contributed by atoms with van der Waals surface area (Å²) in [5.74, 6) is -1.67. The van der Waals surface area contributed by atoms with Gasteiger partial charge in [0.2, 0.25) is 5.78 Å². The third-order valence-electron chi connectivity index (χ3n) is 3.95. The SMILES string of the molecule is N#CCCn1cc(C(=O)COC(=O)c2cccc(F)c2)c2ccccc21. The fraction of sp³-hybridized carbons (Fsp3) is 0.150. The van der Waals surface area contributed by atoms with Crippen LogP contribution < -0.4 is 0 Å². The number of rotatable bonds is 6. The second-order valence-corrected chi connectivity index (χ2v) is 5.67. The molecule has 0 unspecified atom stereocenters. The molecule has 0 N–H and O–H groups in total. The molecule has 0 saturated heterocycles. The topological polar surface area (TPSA) is 72.1 Å². The molecule has 6 heteroatoms. The number of hydrogen-bond acceptors (Lipinski definition) is 4. The van der Waals surface area contributed by atoms with E-state index >= 15 is 0 Å². The molecule has 5 nitrogen and oxygen atoms in total. The van der Waals surface area contributed by atoms with Crippen molar-refractivity contribution in [1.29, 1.82) is 5.26 Å². The Balaban J connectivity index is 1.78. The molecule has 2 aromatic carbocycles. The number of nitrogens with zero attached hydrogens (tertiary/aromatic N) is 2. The average Bonchev–Trinajstić information content (AvgIpc) is 3.03. The zero-order valence-corrected chi connectivity index (χ0v) is 13.8. The Bertz CT molecular complexity index is 1020. The summed E-state index contributed by atoms with van der Waals surface area (Å²) >= 11 is 0. The van der Waals surface area contributed by atoms with Gasteiger partial charge in [0.25, 0.3) is 0 Å². The highest BCUT2D eigenvalue weighted by molar-refractivity contribution is 6.09. The molecule has 26 heavy (non-hydrogen) atoms. The third-order valence-corrected chi connectivity index (χ3v) is 3.95. The summed E-state index contributed by atoms with van der Waals surface area (Å²) in [5.41, 5.74) is 1.31. The van der Waals surface area contributed by atoms with E-state index < -0.39 is 18.4 Å². The van der Waals surface area contributed by atoms with Crippen LogP contribution in [0.25, 0.3) is 10.9 Å². The Morgan fingerprint density at radius 1 is 1.15 bits per heavy atom. The number of carbonyl (C=O) groups is 2. The van der Waals surface area contributed by atoms with Gasteiger partial charge in [0.15, 0.2) is 6.61 Å². The van der Waals surface area contributed by atoms with Crippen molar-refractivity contribution in [1.82, 2.24) is 4.57 Å². The number of nitriles is 1. The molecule has 1 aromatic heterocycles. The highest BCUT2D eigenvalue weighted by Gasteiger charge is 2.17. The maximum Gasteiger partial charge on any atom is 0.338 e. The van der Waals surface area contributed by atoms with Gasteiger partial charge in [0.1, 0.15) is 5.82 Å². The second kappa shape index (κ2) is 7.62. The van der Waals surface area contributed by atoms with E-state index in [1.54, 1.807) is 12.3 Å². The monoisotopic (exact) mass is 350 g/mol. The van der Waals surface area contributed by atoms with E-state index in [0.29, 0.717) is 18.5 Å². The fourth-order valence-electron chi connectivity index (χ4n) is 2.73. The number of esters is 1. The number of ketones is 1. The predicted octanol–water partition coefficient (Wildman–Crippen LogP) is 3.73. The molecule has 0 aliphatic carbocycles. The lowest BCUT2D eigenvalue weighted by molar-refractivity contribution is 0.0474. The Hall–Kier alpha value is -3.46. The van der Waals surface area contributed by atoms with Gasteiger partial charge < -0.3 is 9.30 Å². The largest absolute Gasteiger partial charge is 0.454 e. The van der Waals surface area contributed by atoms with Crippen LogP contribution in [0, 0.1) is 17.1 Å². The second-order valence-electron chi connectivity index (χ2n) is 5.67. The summed E-state index contributed by atoms with van der Waals surface area (Å²) < 4.78 is 20.0. The Morgan fingerprint density at radius 2 is 1.96 bits per heavy atom. The average molecular weight is 350 g/mol. The number of aryl methyl sites for hydroxylation is 1. The summed E-state index contributed by atoms with van der Waals surface area (Å²) in [6.45, 7) is 0.0228. The molecule has 0 amide bonds. The first-order valence-corrected chi connectivity index (χ1v) is 8.01. The number of carbonyl (C=O) groups excluding carboxylic acids is 2. The summed E-state index contributed by atoms with van der Waals surface area (Å²) in [6.07, 6.45) is 1.99. The van der Waals surface area contributed by atoms with Crippen molar-refractivity contribution in [2.45, 2.75) is 13.0 Å². The molecule has 3 rings (SSSR count). The molecule has 0 atom stereocenters. The van der Waals surface area contributed by atoms with Crippen molar-refractivity contribution >= 4 is 22.7 Å². The van der Waals surface area contributed by atoms with Crippen LogP contribution in [0.1, 0.15) is 27.1 Å². The lowest BCUT2D eigenvalue weighted by Crippen LogP contribution is -2.14. The third kappa shape index (κ3) is 3.62. The van der Waals surface area contributed by atoms with Crippen molar-refractivity contribution in [3.8, 4) is 6.07 Å². The maximum absolute atomic E-state index is 13.2. The lowest BCUT2D eigenvalue weighted by atomic mass is 10.1. The molecule has 0 radical (unpaired) electrons. The summed E-state index contributed by atoms with van der Waals surface area (Å²) in [4.78, 5) is 24.5. The smallest absolute Gasteiger partial charge is 0.338 e. The van der Waals surface area contributed by atoms with Crippen LogP contribution in [0.5, 0.6) is 0 Å². The van der Waals surface area contributed by atoms with Gasteiger partial charge in [-0.3, -0.25) is 4.79 Å². The highest BCUT2D eigenvalue weighted by atomic mass is 19.1. The van der Waals surface area contributed by atoms with E-state index in [-0.39, 0.29) is 11.3 Å². The van der Waals surface area contributed by atoms with Gasteiger partial charge >= 0.3 is 5.97 Å². The van der Waals surface area contributed by atoms with E-state index in [0.717, 1.165) is 17.0 Å². The molecular formula is C20H15FN2O3. The predicted molar refractivity (Wildman–Crippen MR) is 93.2 cm³/mol. The van der Waals surface area contributed by atoms with Gasteiger partial charge in [0.05, 0.1) is 18.1 Å². The minimum atomic E-state index is -0.758. The zero-order valence-electron chi connectivity index (χ0n) is 13.8. The number of ether oxygens (including phenoxy) is 1. The molecule has 130 valence electrons. The van der Waals surface area contributed by atoms with E-state index in [1.807, 2.05) is 22.8 Å². The Kier molecular flexibility index (Phi) is 5.09. The van der Waals surface area contributed by atoms with E-state index in [4.69, 9.17) is 10.00 Å². The number of aromatic nitrogens is 1. The maximum atomic E-state index is 13.2. The number of halogens is 1. The minimum Gasteiger partial charge on any atom is -0.454 e. The fourth-order valence-corrected chi connectivity index (χ4v) is 2.73. The zero-order chi connectivity index (χ0) is 18.5. The Morgan fingerprint density at radius 3 is 2.73 bits per heavy atom. The van der Waals surface area contributed by atoms with Crippen molar-refractivity contribution in [3.63, 3.8) is 0 Å². The minimum absolute atomic E-state index is 0.0502. The number of fused-ring (bicyclic) bond motifs is 1. The molecule has 0 saturated carbocycles. The molecule has 0 bridgehead atoms. The van der Waals surface area contributed by atoms with Crippen molar-refractivity contribution in [2.75, 3.05) is 6.61 Å². The van der Waals surface area contributed by atoms with Crippen LogP contribution >= 0.6 is 0 Å². The normalized spacial score (nSPS) is 10.5. The standard InChI is InChI=1S/C20H15FN2O3/c21-15-6-3-5-14(11-15)20(25)26-13-19(24)17-12-23(10-4-9-22)18-8-2-1-7-16(17)18/h1-3,5-8,11-12H,4,10,13H2. The summed E-state index contributed by atoms with van der Waals surface area (Å²) in [6, 6.07) is 14.5. The molecule has 0 aliphatic heterocycles. The van der Waals surface area contributed by atoms with Crippen molar-refractivity contribution < 1.29 is 18.7 Å². The van der Waals surface area contributed by atoms with Gasteiger partial charge in [0, 0.05) is 29.2 Å². The summed E-state index contributed by atoms with van der Waals surface area (Å²) in [5, 5.41) is 9.51. The van der Waals surface area contributed by atoms with E-state index in [1.165, 1.54) is 18.2 Å². The molecule has 1 heterocycles. The molecule has 0 aliphatic rings. The van der Waals surface area contributed by atoms with Gasteiger partial charge in [-0.05, 0) is 24.3 Å². The molecule has 0 spiro atoms. The van der Waals surface area contributed by atoms with Gasteiger partial charge in [-0.25, -0.2) is 9.18 Å². The number of benzene rings is 2. The number of para-hydroxylation sites is 1. The van der Waals surface area contributed by atoms with Crippen LogP contribution in [0.3, 0.4) is 0 Å². The first-order valence-electron chi connectivity index (χ1n) is 8.01.